The number of aromatic nitrogens is 3. The maximum Gasteiger partial charge on any atom is 0.237 e. The fraction of sp³-hybridized carbons (Fsp3) is 0.176. The number of nitrogens with one attached hydrogen (secondary N) is 1. The first-order valence-electron chi connectivity index (χ1n) is 7.88. The van der Waals surface area contributed by atoms with E-state index in [1.165, 1.54) is 17.4 Å². The minimum atomic E-state index is -0.533. The van der Waals surface area contributed by atoms with E-state index in [1.807, 2.05) is 17.5 Å². The molecule has 10 heteroatoms. The van der Waals surface area contributed by atoms with E-state index in [2.05, 4.69) is 15.5 Å². The Morgan fingerprint density at radius 1 is 1.33 bits per heavy atom. The van der Waals surface area contributed by atoms with Gasteiger partial charge in [0.1, 0.15) is 12.4 Å². The molecule has 0 atom stereocenters. The molecule has 7 nitrogen and oxygen atoms in total. The van der Waals surface area contributed by atoms with Gasteiger partial charge in [0.05, 0.1) is 10.6 Å². The summed E-state index contributed by atoms with van der Waals surface area (Å²) in [6.07, 6.45) is 0. The van der Waals surface area contributed by atoms with E-state index in [0.717, 1.165) is 16.6 Å². The SMILES string of the molecule is Cc1ccc(NC(=O)CSc2nnc(-c3cccs3)n2CC(N)=O)cc1F. The molecule has 0 radical (unpaired) electrons. The molecule has 0 unspecified atom stereocenters. The first-order valence-corrected chi connectivity index (χ1v) is 9.74. The van der Waals surface area contributed by atoms with Crippen molar-refractivity contribution in [1.82, 2.24) is 14.8 Å². The first kappa shape index (κ1) is 19.1. The number of halogens is 1. The number of thiophene rings is 1. The molecule has 0 spiro atoms. The summed E-state index contributed by atoms with van der Waals surface area (Å²) in [5.41, 5.74) is 6.20. The quantitative estimate of drug-likeness (QED) is 0.588. The van der Waals surface area contributed by atoms with Crippen LogP contribution in [0.15, 0.2) is 40.9 Å². The van der Waals surface area contributed by atoms with Crippen molar-refractivity contribution in [3.8, 4) is 10.7 Å². The summed E-state index contributed by atoms with van der Waals surface area (Å²) in [4.78, 5) is 24.4. The predicted octanol–water partition coefficient (Wildman–Crippen LogP) is 2.67. The van der Waals surface area contributed by atoms with Gasteiger partial charge in [0.2, 0.25) is 11.8 Å². The molecule has 2 aromatic heterocycles. The fourth-order valence-corrected chi connectivity index (χ4v) is 3.73. The third kappa shape index (κ3) is 4.72. The molecule has 3 aromatic rings. The number of primary amides is 1. The number of nitrogens with two attached hydrogens (primary N) is 1. The van der Waals surface area contributed by atoms with Crippen molar-refractivity contribution in [1.29, 1.82) is 0 Å². The molecule has 140 valence electrons. The zero-order chi connectivity index (χ0) is 19.4. The number of nitrogens with zero attached hydrogens (tertiary/aromatic N) is 3. The van der Waals surface area contributed by atoms with Gasteiger partial charge in [-0.1, -0.05) is 23.9 Å². The maximum atomic E-state index is 13.6. The van der Waals surface area contributed by atoms with Crippen molar-refractivity contribution in [2.75, 3.05) is 11.1 Å². The highest BCUT2D eigenvalue weighted by molar-refractivity contribution is 7.99. The van der Waals surface area contributed by atoms with Crippen LogP contribution in [0.2, 0.25) is 0 Å². The molecule has 0 aliphatic heterocycles. The van der Waals surface area contributed by atoms with Crippen LogP contribution in [-0.2, 0) is 16.1 Å². The van der Waals surface area contributed by atoms with Gasteiger partial charge in [0, 0.05) is 5.69 Å². The molecule has 3 N–H and O–H groups in total. The van der Waals surface area contributed by atoms with Crippen molar-refractivity contribution in [2.24, 2.45) is 5.73 Å². The van der Waals surface area contributed by atoms with Crippen LogP contribution in [0.25, 0.3) is 10.7 Å². The van der Waals surface area contributed by atoms with Crippen LogP contribution in [0.4, 0.5) is 10.1 Å². The molecule has 0 saturated carbocycles. The van der Waals surface area contributed by atoms with E-state index in [1.54, 1.807) is 23.6 Å². The Bertz CT molecular complexity index is 972. The Balaban J connectivity index is 1.70. The summed E-state index contributed by atoms with van der Waals surface area (Å²) in [5.74, 6) is -0.699. The van der Waals surface area contributed by atoms with Gasteiger partial charge in [-0.15, -0.1) is 21.5 Å². The lowest BCUT2D eigenvalue weighted by Crippen LogP contribution is -2.20. The van der Waals surface area contributed by atoms with Gasteiger partial charge in [0.25, 0.3) is 0 Å². The van der Waals surface area contributed by atoms with Crippen LogP contribution < -0.4 is 11.1 Å². The normalized spacial score (nSPS) is 10.7. The molecule has 2 heterocycles. The van der Waals surface area contributed by atoms with E-state index < -0.39 is 5.91 Å². The van der Waals surface area contributed by atoms with Crippen molar-refractivity contribution in [2.45, 2.75) is 18.6 Å². The summed E-state index contributed by atoms with van der Waals surface area (Å²) in [5, 5.41) is 13.1. The van der Waals surface area contributed by atoms with Crippen molar-refractivity contribution in [3.63, 3.8) is 0 Å². The first-order chi connectivity index (χ1) is 12.9. The summed E-state index contributed by atoms with van der Waals surface area (Å²) >= 11 is 2.58. The molecule has 0 aliphatic carbocycles. The Morgan fingerprint density at radius 2 is 2.15 bits per heavy atom. The smallest absolute Gasteiger partial charge is 0.237 e. The molecular weight excluding hydrogens is 389 g/mol. The zero-order valence-electron chi connectivity index (χ0n) is 14.3. The zero-order valence-corrected chi connectivity index (χ0v) is 15.9. The highest BCUT2D eigenvalue weighted by Crippen LogP contribution is 2.27. The van der Waals surface area contributed by atoms with Gasteiger partial charge in [0.15, 0.2) is 11.0 Å². The average molecular weight is 405 g/mol. The second kappa shape index (κ2) is 8.31. The van der Waals surface area contributed by atoms with Crippen LogP contribution in [0.3, 0.4) is 0 Å². The Kier molecular flexibility index (Phi) is 5.87. The van der Waals surface area contributed by atoms with Gasteiger partial charge in [-0.2, -0.15) is 0 Å². The summed E-state index contributed by atoms with van der Waals surface area (Å²) in [6.45, 7) is 1.56. The monoisotopic (exact) mass is 405 g/mol. The number of carbonyl (C=O) groups excluding carboxylic acids is 2. The standard InChI is InChI=1S/C17H16FN5O2S2/c1-10-4-5-11(7-12(10)18)20-15(25)9-27-17-22-21-16(13-3-2-6-26-13)23(17)8-14(19)24/h2-7H,8-9H2,1H3,(H2,19,24)(H,20,25). The second-order valence-corrected chi connectivity index (χ2v) is 7.53. The molecular formula is C17H16FN5O2S2. The molecule has 0 fully saturated rings. The fourth-order valence-electron chi connectivity index (χ4n) is 2.28. The molecule has 2 amide bonds. The number of amides is 2. The molecule has 0 bridgehead atoms. The van der Waals surface area contributed by atoms with Crippen molar-refractivity contribution >= 4 is 40.6 Å². The third-order valence-electron chi connectivity index (χ3n) is 3.56. The number of aryl methyl sites for hydroxylation is 1. The molecule has 0 aliphatic rings. The maximum absolute atomic E-state index is 13.6. The highest BCUT2D eigenvalue weighted by atomic mass is 32.2. The highest BCUT2D eigenvalue weighted by Gasteiger charge is 2.18. The van der Waals surface area contributed by atoms with Gasteiger partial charge in [-0.25, -0.2) is 4.39 Å². The van der Waals surface area contributed by atoms with Crippen LogP contribution in [-0.4, -0.2) is 32.3 Å². The topological polar surface area (TPSA) is 103 Å². The van der Waals surface area contributed by atoms with Gasteiger partial charge < -0.3 is 11.1 Å². The molecule has 3 rings (SSSR count). The van der Waals surface area contributed by atoms with E-state index in [-0.39, 0.29) is 24.0 Å². The number of anilines is 1. The van der Waals surface area contributed by atoms with Crippen molar-refractivity contribution in [3.05, 3.63) is 47.1 Å². The molecule has 27 heavy (non-hydrogen) atoms. The number of thioether (sulfide) groups is 1. The number of rotatable bonds is 7. The summed E-state index contributed by atoms with van der Waals surface area (Å²) in [6, 6.07) is 8.21. The number of hydrogen-bond acceptors (Lipinski definition) is 6. The van der Waals surface area contributed by atoms with E-state index in [4.69, 9.17) is 5.73 Å². The van der Waals surface area contributed by atoms with Crippen LogP contribution in [0.1, 0.15) is 5.56 Å². The Morgan fingerprint density at radius 3 is 2.81 bits per heavy atom. The van der Waals surface area contributed by atoms with Gasteiger partial charge in [-0.3, -0.25) is 14.2 Å². The van der Waals surface area contributed by atoms with Gasteiger partial charge >= 0.3 is 0 Å². The largest absolute Gasteiger partial charge is 0.368 e. The van der Waals surface area contributed by atoms with Crippen molar-refractivity contribution < 1.29 is 14.0 Å². The predicted molar refractivity (Wildman–Crippen MR) is 103 cm³/mol. The molecule has 1 aromatic carbocycles. The van der Waals surface area contributed by atoms with E-state index >= 15 is 0 Å². The van der Waals surface area contributed by atoms with Crippen LogP contribution in [0, 0.1) is 12.7 Å². The third-order valence-corrected chi connectivity index (χ3v) is 5.39. The minimum Gasteiger partial charge on any atom is -0.368 e. The number of benzene rings is 1. The second-order valence-electron chi connectivity index (χ2n) is 5.64. The lowest BCUT2D eigenvalue weighted by Gasteiger charge is -2.08. The Hall–Kier alpha value is -2.72. The average Bonchev–Trinajstić information content (AvgIpc) is 3.26. The van der Waals surface area contributed by atoms with Crippen LogP contribution >= 0.6 is 23.1 Å². The minimum absolute atomic E-state index is 0.0246. The Labute approximate surface area is 162 Å². The summed E-state index contributed by atoms with van der Waals surface area (Å²) < 4.78 is 15.2. The van der Waals surface area contributed by atoms with Crippen LogP contribution in [0.5, 0.6) is 0 Å². The van der Waals surface area contributed by atoms with E-state index in [0.29, 0.717) is 22.2 Å². The lowest BCUT2D eigenvalue weighted by atomic mass is 10.2. The van der Waals surface area contributed by atoms with Gasteiger partial charge in [-0.05, 0) is 36.1 Å². The molecule has 0 saturated heterocycles. The lowest BCUT2D eigenvalue weighted by molar-refractivity contribution is -0.118. The number of carbonyl (C=O) groups is 2. The summed E-state index contributed by atoms with van der Waals surface area (Å²) in [7, 11) is 0. The van der Waals surface area contributed by atoms with E-state index in [9.17, 15) is 14.0 Å². The number of hydrogen-bond donors (Lipinski definition) is 2.